The monoisotopic (exact) mass is 307 g/mol. The molecule has 21 heavy (non-hydrogen) atoms. The zero-order valence-corrected chi connectivity index (χ0v) is 12.5. The average Bonchev–Trinajstić information content (AvgIpc) is 2.46. The van der Waals surface area contributed by atoms with Crippen LogP contribution in [0.1, 0.15) is 17.2 Å². The van der Waals surface area contributed by atoms with Crippen molar-refractivity contribution in [2.45, 2.75) is 13.0 Å². The number of anilines is 1. The number of hydrogen-bond acceptors (Lipinski definition) is 3. The van der Waals surface area contributed by atoms with Crippen molar-refractivity contribution in [2.75, 3.05) is 19.0 Å². The molecule has 0 bridgehead atoms. The molecule has 1 heterocycles. The fourth-order valence-electron chi connectivity index (χ4n) is 2.57. The van der Waals surface area contributed by atoms with Gasteiger partial charge < -0.3 is 14.8 Å². The predicted molar refractivity (Wildman–Crippen MR) is 81.0 cm³/mol. The normalized spacial score (nSPS) is 16.7. The third kappa shape index (κ3) is 2.51. The maximum Gasteiger partial charge on any atom is 0.147 e. The van der Waals surface area contributed by atoms with E-state index < -0.39 is 6.10 Å². The van der Waals surface area contributed by atoms with Crippen molar-refractivity contribution >= 4 is 17.3 Å². The molecule has 2 aromatic carbocycles. The Morgan fingerprint density at radius 3 is 2.95 bits per heavy atom. The first-order valence-electron chi connectivity index (χ1n) is 6.63. The molecule has 3 nitrogen and oxygen atoms in total. The van der Waals surface area contributed by atoms with E-state index >= 15 is 0 Å². The smallest absolute Gasteiger partial charge is 0.147 e. The van der Waals surface area contributed by atoms with Crippen LogP contribution < -0.4 is 14.8 Å². The molecule has 1 unspecified atom stereocenters. The Morgan fingerprint density at radius 1 is 1.38 bits per heavy atom. The predicted octanol–water partition coefficient (Wildman–Crippen LogP) is 4.34. The molecule has 1 aliphatic rings. The van der Waals surface area contributed by atoms with Crippen molar-refractivity contribution in [1.29, 1.82) is 0 Å². The van der Waals surface area contributed by atoms with Crippen molar-refractivity contribution in [1.82, 2.24) is 0 Å². The van der Waals surface area contributed by atoms with E-state index in [9.17, 15) is 4.39 Å². The highest BCUT2D eigenvalue weighted by molar-refractivity contribution is 6.31. The lowest BCUT2D eigenvalue weighted by atomic mass is 10.0. The van der Waals surface area contributed by atoms with E-state index in [4.69, 9.17) is 21.1 Å². The molecule has 0 spiro atoms. The fourth-order valence-corrected chi connectivity index (χ4v) is 2.85. The largest absolute Gasteiger partial charge is 0.496 e. The van der Waals surface area contributed by atoms with Crippen molar-refractivity contribution in [3.63, 3.8) is 0 Å². The number of methoxy groups -OCH3 is 1. The minimum absolute atomic E-state index is 0.337. The van der Waals surface area contributed by atoms with E-state index in [1.165, 1.54) is 13.2 Å². The lowest BCUT2D eigenvalue weighted by Gasteiger charge is -2.30. The lowest BCUT2D eigenvalue weighted by Crippen LogP contribution is -2.25. The molecule has 1 N–H and O–H groups in total. The average molecular weight is 308 g/mol. The molecule has 0 saturated carbocycles. The summed E-state index contributed by atoms with van der Waals surface area (Å²) in [5.74, 6) is 0.842. The molecule has 0 aliphatic carbocycles. The lowest BCUT2D eigenvalue weighted by molar-refractivity contribution is 0.198. The van der Waals surface area contributed by atoms with Crippen LogP contribution in [0.15, 0.2) is 30.3 Å². The Balaban J connectivity index is 2.01. The third-order valence-corrected chi connectivity index (χ3v) is 3.75. The second-order valence-electron chi connectivity index (χ2n) is 4.94. The maximum atomic E-state index is 14.2. The molecule has 0 amide bonds. The van der Waals surface area contributed by atoms with E-state index in [0.29, 0.717) is 28.6 Å². The molecular formula is C16H15ClFNO2. The summed E-state index contributed by atoms with van der Waals surface area (Å²) >= 11 is 6.03. The summed E-state index contributed by atoms with van der Waals surface area (Å²) in [5, 5.41) is 3.88. The van der Waals surface area contributed by atoms with Gasteiger partial charge in [-0.3, -0.25) is 0 Å². The first-order valence-corrected chi connectivity index (χ1v) is 7.01. The van der Waals surface area contributed by atoms with Gasteiger partial charge in [-0.15, -0.1) is 0 Å². The summed E-state index contributed by atoms with van der Waals surface area (Å²) in [6.07, 6.45) is -0.450. The highest BCUT2D eigenvalue weighted by Crippen LogP contribution is 2.41. The van der Waals surface area contributed by atoms with Gasteiger partial charge in [-0.2, -0.15) is 0 Å². The number of benzene rings is 2. The molecule has 1 aliphatic heterocycles. The number of rotatable bonds is 2. The second kappa shape index (κ2) is 5.45. The highest BCUT2D eigenvalue weighted by atomic mass is 35.5. The Morgan fingerprint density at radius 2 is 2.19 bits per heavy atom. The summed E-state index contributed by atoms with van der Waals surface area (Å²) in [4.78, 5) is 0. The maximum absolute atomic E-state index is 14.2. The highest BCUT2D eigenvalue weighted by Gasteiger charge is 2.27. The third-order valence-electron chi connectivity index (χ3n) is 3.53. The number of halogens is 2. The number of fused-ring (bicyclic) bond motifs is 1. The summed E-state index contributed by atoms with van der Waals surface area (Å²) in [7, 11) is 1.52. The first kappa shape index (κ1) is 14.0. The van der Waals surface area contributed by atoms with Gasteiger partial charge in [0.1, 0.15) is 23.4 Å². The number of nitrogens with one attached hydrogen (secondary N) is 1. The molecule has 0 radical (unpaired) electrons. The molecule has 1 atom stereocenters. The van der Waals surface area contributed by atoms with Crippen molar-refractivity contribution < 1.29 is 13.9 Å². The topological polar surface area (TPSA) is 30.5 Å². The van der Waals surface area contributed by atoms with Crippen LogP contribution >= 0.6 is 11.6 Å². The van der Waals surface area contributed by atoms with Gasteiger partial charge in [0.2, 0.25) is 0 Å². The number of ether oxygens (including phenoxy) is 2. The Hall–Kier alpha value is -1.94. The van der Waals surface area contributed by atoms with Crippen LogP contribution in [0.4, 0.5) is 10.1 Å². The molecule has 2 aromatic rings. The Labute approximate surface area is 127 Å². The van der Waals surface area contributed by atoms with Gasteiger partial charge in [0.25, 0.3) is 0 Å². The zero-order valence-electron chi connectivity index (χ0n) is 11.7. The van der Waals surface area contributed by atoms with E-state index in [1.807, 2.05) is 13.0 Å². The van der Waals surface area contributed by atoms with E-state index in [2.05, 4.69) is 5.32 Å². The summed E-state index contributed by atoms with van der Waals surface area (Å²) in [5.41, 5.74) is 2.16. The van der Waals surface area contributed by atoms with Crippen molar-refractivity contribution in [3.05, 3.63) is 52.3 Å². The van der Waals surface area contributed by atoms with E-state index in [1.54, 1.807) is 18.2 Å². The van der Waals surface area contributed by atoms with Gasteiger partial charge in [-0.25, -0.2) is 4.39 Å². The Bertz CT molecular complexity index is 690. The molecule has 0 aromatic heterocycles. The van der Waals surface area contributed by atoms with Gasteiger partial charge in [0, 0.05) is 5.02 Å². The fraction of sp³-hybridized carbons (Fsp3) is 0.250. The van der Waals surface area contributed by atoms with Gasteiger partial charge >= 0.3 is 0 Å². The van der Waals surface area contributed by atoms with Crippen molar-refractivity contribution in [3.8, 4) is 11.5 Å². The standard InChI is InChI=1S/C16H15ClFNO2/c1-9-6-10(17)7-12-16(9)21-14(8-19-12)15-11(18)4-3-5-13(15)20-2/h3-7,14,19H,8H2,1-2H3. The summed E-state index contributed by atoms with van der Waals surface area (Å²) < 4.78 is 25.4. The zero-order chi connectivity index (χ0) is 15.0. The van der Waals surface area contributed by atoms with Crippen LogP contribution in [0.25, 0.3) is 0 Å². The first-order chi connectivity index (χ1) is 10.1. The van der Waals surface area contributed by atoms with Crippen LogP contribution in [-0.4, -0.2) is 13.7 Å². The van der Waals surface area contributed by atoms with Gasteiger partial charge in [-0.05, 0) is 36.8 Å². The van der Waals surface area contributed by atoms with Crippen molar-refractivity contribution in [2.24, 2.45) is 0 Å². The molecule has 3 rings (SSSR count). The van der Waals surface area contributed by atoms with Crippen LogP contribution in [0.2, 0.25) is 5.02 Å². The van der Waals surface area contributed by atoms with Crippen LogP contribution in [0, 0.1) is 12.7 Å². The summed E-state index contributed by atoms with van der Waals surface area (Å²) in [6, 6.07) is 8.38. The molecular weight excluding hydrogens is 293 g/mol. The van der Waals surface area contributed by atoms with Gasteiger partial charge in [0.05, 0.1) is 24.9 Å². The molecule has 0 fully saturated rings. The van der Waals surface area contributed by atoms with E-state index in [0.717, 1.165) is 11.3 Å². The molecule has 5 heteroatoms. The SMILES string of the molecule is COc1cccc(F)c1C1CNc2cc(Cl)cc(C)c2O1. The van der Waals surface area contributed by atoms with Gasteiger partial charge in [-0.1, -0.05) is 17.7 Å². The minimum atomic E-state index is -0.450. The number of hydrogen-bond donors (Lipinski definition) is 1. The van der Waals surface area contributed by atoms with Crippen LogP contribution in [0.3, 0.4) is 0 Å². The number of aryl methyl sites for hydroxylation is 1. The van der Waals surface area contributed by atoms with Crippen LogP contribution in [0.5, 0.6) is 11.5 Å². The quantitative estimate of drug-likeness (QED) is 0.895. The van der Waals surface area contributed by atoms with Crippen LogP contribution in [-0.2, 0) is 0 Å². The van der Waals surface area contributed by atoms with Gasteiger partial charge in [0.15, 0.2) is 0 Å². The second-order valence-corrected chi connectivity index (χ2v) is 5.38. The minimum Gasteiger partial charge on any atom is -0.496 e. The Kier molecular flexibility index (Phi) is 3.64. The molecule has 0 saturated heterocycles. The molecule has 110 valence electrons. The summed E-state index contributed by atoms with van der Waals surface area (Å²) in [6.45, 7) is 2.36. The van der Waals surface area contributed by atoms with E-state index in [-0.39, 0.29) is 5.82 Å².